The Bertz CT molecular complexity index is 781. The molecule has 0 bridgehead atoms. The van der Waals surface area contributed by atoms with Crippen molar-refractivity contribution in [2.24, 2.45) is 4.99 Å². The molecule has 1 unspecified atom stereocenters. The Kier molecular flexibility index (Phi) is 6.85. The molecule has 3 rings (SSSR count). The molecule has 0 radical (unpaired) electrons. The number of guanidine groups is 1. The number of furan rings is 1. The summed E-state index contributed by atoms with van der Waals surface area (Å²) < 4.78 is 7.27. The average molecular weight is 475 g/mol. The molecule has 0 amide bonds. The number of hydrogen-bond donors (Lipinski definition) is 3. The molecular weight excluding hydrogens is 453 g/mol. The smallest absolute Gasteiger partial charge is 0.193 e. The van der Waals surface area contributed by atoms with Gasteiger partial charge >= 0.3 is 0 Å². The molecule has 136 valence electrons. The first-order valence-corrected chi connectivity index (χ1v) is 8.66. The molecule has 0 spiro atoms. The third kappa shape index (κ3) is 4.95. The van der Waals surface area contributed by atoms with Crippen LogP contribution in [0.1, 0.15) is 25.3 Å². The summed E-state index contributed by atoms with van der Waals surface area (Å²) in [5, 5.41) is 18.8. The lowest BCUT2D eigenvalue weighted by molar-refractivity contribution is 0.0386. The first kappa shape index (κ1) is 19.7. The minimum absolute atomic E-state index is 0. The van der Waals surface area contributed by atoms with Crippen LogP contribution >= 0.6 is 35.3 Å². The molecule has 0 saturated heterocycles. The number of thiazole rings is 1. The number of aliphatic hydroxyl groups is 1. The summed E-state index contributed by atoms with van der Waals surface area (Å²) in [5.74, 6) is 1.14. The van der Waals surface area contributed by atoms with Gasteiger partial charge in [0.25, 0.3) is 0 Å². The molecule has 0 aliphatic heterocycles. The van der Waals surface area contributed by atoms with Crippen LogP contribution in [-0.4, -0.2) is 33.5 Å². The number of imidazole rings is 1. The molecular formula is C16H22IN5O2S. The van der Waals surface area contributed by atoms with E-state index >= 15 is 0 Å². The molecule has 3 heterocycles. The zero-order valence-electron chi connectivity index (χ0n) is 14.1. The van der Waals surface area contributed by atoms with E-state index in [1.54, 1.807) is 36.7 Å². The first-order chi connectivity index (χ1) is 11.6. The lowest BCUT2D eigenvalue weighted by Crippen LogP contribution is -2.44. The van der Waals surface area contributed by atoms with Gasteiger partial charge in [0.15, 0.2) is 10.9 Å². The van der Waals surface area contributed by atoms with Gasteiger partial charge in [-0.15, -0.1) is 35.3 Å². The highest BCUT2D eigenvalue weighted by Gasteiger charge is 2.26. The Morgan fingerprint density at radius 1 is 1.48 bits per heavy atom. The molecule has 3 aromatic heterocycles. The SMILES string of the molecule is CCNC(=NCc1cn2ccsc2n1)NCC(C)(O)c1ccco1.I. The molecule has 3 N–H and O–H groups in total. The molecule has 9 heteroatoms. The van der Waals surface area contributed by atoms with Gasteiger partial charge in [-0.1, -0.05) is 0 Å². The summed E-state index contributed by atoms with van der Waals surface area (Å²) in [6.45, 7) is 5.17. The summed E-state index contributed by atoms with van der Waals surface area (Å²) in [6.07, 6.45) is 5.50. The molecule has 3 aromatic rings. The van der Waals surface area contributed by atoms with Crippen molar-refractivity contribution in [3.8, 4) is 0 Å². The normalized spacial score (nSPS) is 14.1. The highest BCUT2D eigenvalue weighted by molar-refractivity contribution is 14.0. The van der Waals surface area contributed by atoms with Crippen LogP contribution in [0.5, 0.6) is 0 Å². The van der Waals surface area contributed by atoms with E-state index in [9.17, 15) is 5.11 Å². The van der Waals surface area contributed by atoms with Gasteiger partial charge in [0.2, 0.25) is 0 Å². The van der Waals surface area contributed by atoms with Crippen molar-refractivity contribution >= 4 is 46.2 Å². The van der Waals surface area contributed by atoms with E-state index in [1.165, 1.54) is 0 Å². The standard InChI is InChI=1S/C16H21N5O2S.HI/c1-3-17-14(19-11-16(2,22)13-5-4-7-23-13)18-9-12-10-21-6-8-24-15(21)20-12;/h4-8,10,22H,3,9,11H2,1-2H3,(H2,17,18,19);1H. The minimum Gasteiger partial charge on any atom is -0.466 e. The van der Waals surface area contributed by atoms with Crippen molar-refractivity contribution in [2.45, 2.75) is 26.0 Å². The predicted molar refractivity (Wildman–Crippen MR) is 110 cm³/mol. The van der Waals surface area contributed by atoms with Crippen LogP contribution in [0.25, 0.3) is 4.96 Å². The summed E-state index contributed by atoms with van der Waals surface area (Å²) in [7, 11) is 0. The Balaban J connectivity index is 0.00000225. The molecule has 0 aliphatic carbocycles. The second-order valence-corrected chi connectivity index (χ2v) is 6.50. The van der Waals surface area contributed by atoms with Crippen LogP contribution in [0.3, 0.4) is 0 Å². The van der Waals surface area contributed by atoms with Crippen LogP contribution in [-0.2, 0) is 12.1 Å². The van der Waals surface area contributed by atoms with Crippen LogP contribution in [0.15, 0.2) is 45.6 Å². The first-order valence-electron chi connectivity index (χ1n) is 7.78. The maximum Gasteiger partial charge on any atom is 0.193 e. The summed E-state index contributed by atoms with van der Waals surface area (Å²) >= 11 is 1.59. The van der Waals surface area contributed by atoms with Crippen molar-refractivity contribution in [1.29, 1.82) is 0 Å². The van der Waals surface area contributed by atoms with Crippen molar-refractivity contribution in [2.75, 3.05) is 13.1 Å². The fraction of sp³-hybridized carbons (Fsp3) is 0.375. The monoisotopic (exact) mass is 475 g/mol. The van der Waals surface area contributed by atoms with Gasteiger partial charge < -0.3 is 20.2 Å². The van der Waals surface area contributed by atoms with Crippen LogP contribution in [0.4, 0.5) is 0 Å². The summed E-state index contributed by atoms with van der Waals surface area (Å²) in [5.41, 5.74) is -0.215. The molecule has 0 fully saturated rings. The maximum absolute atomic E-state index is 10.5. The van der Waals surface area contributed by atoms with Crippen LogP contribution in [0.2, 0.25) is 0 Å². The van der Waals surface area contributed by atoms with E-state index < -0.39 is 5.60 Å². The van der Waals surface area contributed by atoms with Gasteiger partial charge in [-0.25, -0.2) is 9.98 Å². The third-order valence-corrected chi connectivity index (χ3v) is 4.31. The van der Waals surface area contributed by atoms with E-state index in [-0.39, 0.29) is 30.5 Å². The van der Waals surface area contributed by atoms with Crippen molar-refractivity contribution in [3.63, 3.8) is 0 Å². The van der Waals surface area contributed by atoms with Gasteiger partial charge in [-0.05, 0) is 26.0 Å². The number of halogens is 1. The number of aromatic nitrogens is 2. The maximum atomic E-state index is 10.5. The Hall–Kier alpha value is -1.59. The van der Waals surface area contributed by atoms with E-state index in [0.717, 1.165) is 17.2 Å². The number of nitrogens with one attached hydrogen (secondary N) is 2. The van der Waals surface area contributed by atoms with Crippen molar-refractivity contribution in [3.05, 3.63) is 47.6 Å². The minimum atomic E-state index is -1.11. The van der Waals surface area contributed by atoms with E-state index in [1.807, 2.05) is 29.1 Å². The van der Waals surface area contributed by atoms with E-state index in [0.29, 0.717) is 18.3 Å². The van der Waals surface area contributed by atoms with Crippen molar-refractivity contribution in [1.82, 2.24) is 20.0 Å². The highest BCUT2D eigenvalue weighted by Crippen LogP contribution is 2.19. The highest BCUT2D eigenvalue weighted by atomic mass is 127. The lowest BCUT2D eigenvalue weighted by atomic mass is 10.0. The predicted octanol–water partition coefficient (Wildman–Crippen LogP) is 2.57. The second-order valence-electron chi connectivity index (χ2n) is 5.62. The molecule has 1 atom stereocenters. The Labute approximate surface area is 167 Å². The number of aliphatic imine (C=N–C) groups is 1. The van der Waals surface area contributed by atoms with E-state index in [2.05, 4.69) is 20.6 Å². The number of fused-ring (bicyclic) bond motifs is 1. The second kappa shape index (κ2) is 8.68. The Morgan fingerprint density at radius 2 is 2.32 bits per heavy atom. The molecule has 0 aromatic carbocycles. The van der Waals surface area contributed by atoms with Crippen molar-refractivity contribution < 1.29 is 9.52 Å². The summed E-state index contributed by atoms with van der Waals surface area (Å²) in [6, 6.07) is 3.51. The van der Waals surface area contributed by atoms with Crippen LogP contribution < -0.4 is 10.6 Å². The van der Waals surface area contributed by atoms with Gasteiger partial charge in [-0.3, -0.25) is 4.40 Å². The average Bonchev–Trinajstić information content (AvgIpc) is 3.26. The number of nitrogens with zero attached hydrogens (tertiary/aromatic N) is 3. The van der Waals surface area contributed by atoms with Crippen LogP contribution in [0, 0.1) is 0 Å². The fourth-order valence-corrected chi connectivity index (χ4v) is 3.00. The largest absolute Gasteiger partial charge is 0.466 e. The number of hydrogen-bond acceptors (Lipinski definition) is 5. The van der Waals surface area contributed by atoms with Gasteiger partial charge in [0, 0.05) is 24.3 Å². The molecule has 7 nitrogen and oxygen atoms in total. The summed E-state index contributed by atoms with van der Waals surface area (Å²) in [4.78, 5) is 9.99. The fourth-order valence-electron chi connectivity index (χ4n) is 2.28. The Morgan fingerprint density at radius 3 is 3.00 bits per heavy atom. The lowest BCUT2D eigenvalue weighted by Gasteiger charge is -2.22. The van der Waals surface area contributed by atoms with E-state index in [4.69, 9.17) is 4.42 Å². The zero-order valence-corrected chi connectivity index (χ0v) is 17.2. The van der Waals surface area contributed by atoms with Gasteiger partial charge in [0.05, 0.1) is 25.0 Å². The van der Waals surface area contributed by atoms with Gasteiger partial charge in [-0.2, -0.15) is 0 Å². The topological polar surface area (TPSA) is 87.1 Å². The van der Waals surface area contributed by atoms with Gasteiger partial charge in [0.1, 0.15) is 11.4 Å². The third-order valence-electron chi connectivity index (χ3n) is 3.54. The molecule has 25 heavy (non-hydrogen) atoms. The zero-order chi connectivity index (χ0) is 17.0. The molecule has 0 saturated carbocycles. The number of rotatable bonds is 6. The quantitative estimate of drug-likeness (QED) is 0.290. The molecule has 0 aliphatic rings.